The summed E-state index contributed by atoms with van der Waals surface area (Å²) in [5, 5.41) is 2.43. The van der Waals surface area contributed by atoms with Crippen molar-refractivity contribution < 1.29 is 0 Å². The van der Waals surface area contributed by atoms with Crippen molar-refractivity contribution in [2.75, 3.05) is 23.0 Å². The van der Waals surface area contributed by atoms with Gasteiger partial charge in [0.15, 0.2) is 0 Å². The predicted molar refractivity (Wildman–Crippen MR) is 140 cm³/mol. The molecule has 3 rings (SSSR count). The molecule has 2 aliphatic heterocycles. The van der Waals surface area contributed by atoms with E-state index in [9.17, 15) is 0 Å². The van der Waals surface area contributed by atoms with Crippen LogP contribution in [0.2, 0.25) is 0 Å². The lowest BCUT2D eigenvalue weighted by atomic mass is 10.4. The van der Waals surface area contributed by atoms with Gasteiger partial charge < -0.3 is 0 Å². The minimum absolute atomic E-state index is 0.501. The molecule has 6 unspecified atom stereocenters. The first-order valence-corrected chi connectivity index (χ1v) is 15.8. The molecule has 0 aliphatic carbocycles. The Hall–Kier alpha value is 2.02. The Morgan fingerprint density at radius 3 is 1.54 bits per heavy atom. The third-order valence-corrected chi connectivity index (χ3v) is 15.3. The van der Waals surface area contributed by atoms with E-state index in [1.165, 1.54) is 32.8 Å². The lowest BCUT2D eigenvalue weighted by Crippen LogP contribution is -2.13. The van der Waals surface area contributed by atoms with Crippen LogP contribution < -0.4 is 0 Å². The fraction of sp³-hybridized carbons (Fsp3) is 0.667. The van der Waals surface area contributed by atoms with Crippen molar-refractivity contribution in [3.63, 3.8) is 0 Å². The third-order valence-electron chi connectivity index (χ3n) is 4.22. The fourth-order valence-corrected chi connectivity index (χ4v) is 12.7. The molecular formula is C18H26S8. The molecule has 0 aromatic heterocycles. The van der Waals surface area contributed by atoms with Gasteiger partial charge in [0.05, 0.1) is 9.16 Å². The van der Waals surface area contributed by atoms with Gasteiger partial charge in [0.2, 0.25) is 0 Å². The Kier molecular flexibility index (Phi) is 9.97. The normalized spacial score (nSPS) is 31.2. The Bertz CT molecular complexity index is 498. The topological polar surface area (TPSA) is 0 Å². The van der Waals surface area contributed by atoms with Crippen LogP contribution in [0.5, 0.6) is 0 Å². The monoisotopic (exact) mass is 498 g/mol. The van der Waals surface area contributed by atoms with Crippen LogP contribution in [0.4, 0.5) is 0 Å². The maximum absolute atomic E-state index is 4.60. The third kappa shape index (κ3) is 7.06. The van der Waals surface area contributed by atoms with Crippen LogP contribution in [0.3, 0.4) is 0 Å². The minimum Gasteiger partial charge on any atom is -0.175 e. The van der Waals surface area contributed by atoms with Gasteiger partial charge in [-0.25, -0.2) is 0 Å². The molecule has 2 fully saturated rings. The van der Waals surface area contributed by atoms with Crippen molar-refractivity contribution in [3.05, 3.63) is 24.3 Å². The molecule has 2 saturated heterocycles. The molecule has 1 aromatic rings. The standard InChI is InChI=1S/C18H26S8/c1-11(19)15-7-23-17(25-15)9-21-13-3-5-14(6-4-13)22-10-18-24-8-16(26-18)12(2)20/h3-6,11-12,15-20H,7-10H2,1-2H3. The Morgan fingerprint density at radius 1 is 0.846 bits per heavy atom. The number of hydrogen-bond acceptors (Lipinski definition) is 8. The molecule has 146 valence electrons. The smallest absolute Gasteiger partial charge is 0.0600 e. The summed E-state index contributed by atoms with van der Waals surface area (Å²) in [4.78, 5) is 2.79. The summed E-state index contributed by atoms with van der Waals surface area (Å²) >= 11 is 21.6. The summed E-state index contributed by atoms with van der Waals surface area (Å²) in [6.45, 7) is 4.43. The van der Waals surface area contributed by atoms with Gasteiger partial charge in [-0.2, -0.15) is 25.3 Å². The molecule has 0 radical (unpaired) electrons. The summed E-state index contributed by atoms with van der Waals surface area (Å²) in [6.07, 6.45) is 0. The molecule has 2 heterocycles. The molecule has 1 aromatic carbocycles. The van der Waals surface area contributed by atoms with Crippen molar-refractivity contribution in [2.24, 2.45) is 0 Å². The van der Waals surface area contributed by atoms with E-state index < -0.39 is 0 Å². The Balaban J connectivity index is 1.37. The molecule has 0 amide bonds. The van der Waals surface area contributed by atoms with Crippen LogP contribution in [0.25, 0.3) is 0 Å². The highest BCUT2D eigenvalue weighted by atomic mass is 32.2. The molecule has 0 N–H and O–H groups in total. The first kappa shape index (κ1) is 22.7. The van der Waals surface area contributed by atoms with Crippen LogP contribution >= 0.6 is 95.8 Å². The summed E-state index contributed by atoms with van der Waals surface area (Å²) in [5.41, 5.74) is 0. The lowest BCUT2D eigenvalue weighted by molar-refractivity contribution is 0.953. The van der Waals surface area contributed by atoms with Crippen molar-refractivity contribution in [1.82, 2.24) is 0 Å². The van der Waals surface area contributed by atoms with E-state index >= 15 is 0 Å². The van der Waals surface area contributed by atoms with Gasteiger partial charge in [-0.3, -0.25) is 0 Å². The summed E-state index contributed by atoms with van der Waals surface area (Å²) in [7, 11) is 0. The van der Waals surface area contributed by atoms with Crippen LogP contribution in [-0.4, -0.2) is 53.2 Å². The highest BCUT2D eigenvalue weighted by Crippen LogP contribution is 2.44. The van der Waals surface area contributed by atoms with Crippen LogP contribution in [0.15, 0.2) is 34.1 Å². The van der Waals surface area contributed by atoms with Gasteiger partial charge in [0.25, 0.3) is 0 Å². The van der Waals surface area contributed by atoms with Gasteiger partial charge in [0, 0.05) is 53.8 Å². The number of rotatable bonds is 8. The molecule has 0 bridgehead atoms. The maximum Gasteiger partial charge on any atom is 0.0600 e. The van der Waals surface area contributed by atoms with Crippen molar-refractivity contribution in [3.8, 4) is 0 Å². The Morgan fingerprint density at radius 2 is 1.23 bits per heavy atom. The largest absolute Gasteiger partial charge is 0.175 e. The van der Waals surface area contributed by atoms with E-state index in [0.29, 0.717) is 30.2 Å². The quantitative estimate of drug-likeness (QED) is 0.295. The van der Waals surface area contributed by atoms with Gasteiger partial charge in [-0.05, 0) is 24.3 Å². The van der Waals surface area contributed by atoms with Gasteiger partial charge >= 0.3 is 0 Å². The van der Waals surface area contributed by atoms with Gasteiger partial charge in [-0.1, -0.05) is 13.8 Å². The highest BCUT2D eigenvalue weighted by molar-refractivity contribution is 8.22. The van der Waals surface area contributed by atoms with E-state index in [-0.39, 0.29) is 0 Å². The highest BCUT2D eigenvalue weighted by Gasteiger charge is 2.29. The van der Waals surface area contributed by atoms with E-state index in [4.69, 9.17) is 0 Å². The van der Waals surface area contributed by atoms with Crippen LogP contribution in [-0.2, 0) is 0 Å². The van der Waals surface area contributed by atoms with E-state index in [1.807, 2.05) is 23.5 Å². The number of benzene rings is 1. The van der Waals surface area contributed by atoms with Gasteiger partial charge in [0.1, 0.15) is 0 Å². The average Bonchev–Trinajstić information content (AvgIpc) is 3.28. The van der Waals surface area contributed by atoms with E-state index in [2.05, 4.69) is 110 Å². The predicted octanol–water partition coefficient (Wildman–Crippen LogP) is 6.86. The first-order valence-electron chi connectivity index (χ1n) is 8.77. The van der Waals surface area contributed by atoms with Crippen molar-refractivity contribution in [1.29, 1.82) is 0 Å². The van der Waals surface area contributed by atoms with Gasteiger partial charge in [-0.15, -0.1) is 70.6 Å². The molecule has 0 nitrogen and oxygen atoms in total. The van der Waals surface area contributed by atoms with E-state index in [0.717, 1.165) is 0 Å². The summed E-state index contributed by atoms with van der Waals surface area (Å²) in [5.74, 6) is 4.88. The zero-order chi connectivity index (χ0) is 18.5. The molecular weight excluding hydrogens is 473 g/mol. The molecule has 26 heavy (non-hydrogen) atoms. The Labute approximate surface area is 195 Å². The number of thiol groups is 2. The minimum atomic E-state index is 0.501. The second kappa shape index (κ2) is 11.4. The fourth-order valence-electron chi connectivity index (χ4n) is 2.59. The lowest BCUT2D eigenvalue weighted by Gasteiger charge is -2.13. The molecule has 8 heteroatoms. The average molecular weight is 499 g/mol. The van der Waals surface area contributed by atoms with E-state index in [1.54, 1.807) is 0 Å². The maximum atomic E-state index is 4.60. The summed E-state index contributed by atoms with van der Waals surface area (Å²) in [6, 6.07) is 9.18. The van der Waals surface area contributed by atoms with Crippen molar-refractivity contribution >= 4 is 95.8 Å². The molecule has 0 spiro atoms. The molecule has 6 atom stereocenters. The van der Waals surface area contributed by atoms with Crippen LogP contribution in [0, 0.1) is 0 Å². The number of thioether (sulfide) groups is 6. The SMILES string of the molecule is CC(S)C1CSC(CSc2ccc(SCC3SCC(C(C)S)S3)cc2)S1. The van der Waals surface area contributed by atoms with Crippen LogP contribution in [0.1, 0.15) is 13.8 Å². The first-order chi connectivity index (χ1) is 12.5. The zero-order valence-corrected chi connectivity index (χ0v) is 21.6. The molecule has 2 aliphatic rings. The van der Waals surface area contributed by atoms with Crippen molar-refractivity contribution in [2.45, 2.75) is 53.8 Å². The zero-order valence-electron chi connectivity index (χ0n) is 14.9. The molecule has 0 saturated carbocycles. The second-order valence-corrected chi connectivity index (χ2v) is 16.2. The summed E-state index contributed by atoms with van der Waals surface area (Å²) < 4.78 is 1.43. The number of hydrogen-bond donors (Lipinski definition) is 2. The second-order valence-electron chi connectivity index (χ2n) is 6.45.